The maximum Gasteiger partial charge on any atom is 0.291 e. The third-order valence-corrected chi connectivity index (χ3v) is 4.54. The van der Waals surface area contributed by atoms with E-state index >= 15 is 0 Å². The van der Waals surface area contributed by atoms with Gasteiger partial charge in [0.15, 0.2) is 5.76 Å². The molecule has 1 heterocycles. The molecule has 9 nitrogen and oxygen atoms in total. The van der Waals surface area contributed by atoms with Crippen molar-refractivity contribution in [3.63, 3.8) is 0 Å². The molecule has 0 atom stereocenters. The highest BCUT2D eigenvalue weighted by molar-refractivity contribution is 6.03. The summed E-state index contributed by atoms with van der Waals surface area (Å²) in [4.78, 5) is 36.7. The number of carbonyl (C=O) groups excluding carboxylic acids is 3. The molecule has 3 amide bonds. The van der Waals surface area contributed by atoms with Crippen LogP contribution in [0.1, 0.15) is 27.3 Å². The number of anilines is 3. The molecule has 172 valence electrons. The number of carbonyl (C=O) groups is 3. The molecule has 0 fully saturated rings. The number of ether oxygens (including phenoxy) is 1. The van der Waals surface area contributed by atoms with Crippen LogP contribution in [0, 0.1) is 0 Å². The first kappa shape index (κ1) is 23.6. The third kappa shape index (κ3) is 7.51. The summed E-state index contributed by atoms with van der Waals surface area (Å²) < 4.78 is 10.0. The van der Waals surface area contributed by atoms with Gasteiger partial charge < -0.3 is 30.4 Å². The maximum atomic E-state index is 12.4. The summed E-state index contributed by atoms with van der Waals surface area (Å²) in [6.45, 7) is 1.10. The number of hydrogen-bond donors (Lipinski definition) is 4. The van der Waals surface area contributed by atoms with Crippen LogP contribution in [-0.2, 0) is 9.53 Å². The van der Waals surface area contributed by atoms with E-state index < -0.39 is 0 Å². The smallest absolute Gasteiger partial charge is 0.291 e. The average Bonchev–Trinajstić information content (AvgIpc) is 3.36. The zero-order valence-electron chi connectivity index (χ0n) is 18.2. The fourth-order valence-electron chi connectivity index (χ4n) is 2.95. The van der Waals surface area contributed by atoms with Gasteiger partial charge in [0, 0.05) is 42.9 Å². The predicted octanol–water partition coefficient (Wildman–Crippen LogP) is 3.35. The molecule has 9 heteroatoms. The molecule has 3 aromatic rings. The van der Waals surface area contributed by atoms with Gasteiger partial charge in [-0.25, -0.2) is 0 Å². The van der Waals surface area contributed by atoms with Gasteiger partial charge in [-0.2, -0.15) is 0 Å². The zero-order valence-corrected chi connectivity index (χ0v) is 18.2. The Morgan fingerprint density at radius 2 is 1.64 bits per heavy atom. The van der Waals surface area contributed by atoms with E-state index in [2.05, 4.69) is 21.3 Å². The van der Waals surface area contributed by atoms with E-state index in [9.17, 15) is 14.4 Å². The number of amides is 3. The van der Waals surface area contributed by atoms with Crippen LogP contribution < -0.4 is 21.3 Å². The standard InChI is InChI=1S/C24H26N4O5/c1-32-12-5-11-25-23(30)17-6-2-7-18(14-17)26-16-22(29)27-19-8-3-9-20(15-19)28-24(31)21-10-4-13-33-21/h2-4,6-10,13-15,26H,5,11-12,16H2,1H3,(H,25,30)(H,27,29)(H,28,31). The van der Waals surface area contributed by atoms with Gasteiger partial charge in [0.1, 0.15) is 0 Å². The molecule has 0 saturated carbocycles. The maximum absolute atomic E-state index is 12.4. The highest BCUT2D eigenvalue weighted by atomic mass is 16.5. The largest absolute Gasteiger partial charge is 0.459 e. The van der Waals surface area contributed by atoms with Crippen LogP contribution in [0.4, 0.5) is 17.1 Å². The Kier molecular flexibility index (Phi) is 8.61. The number of furan rings is 1. The van der Waals surface area contributed by atoms with E-state index in [0.29, 0.717) is 35.8 Å². The Morgan fingerprint density at radius 3 is 2.39 bits per heavy atom. The molecular formula is C24H26N4O5. The monoisotopic (exact) mass is 450 g/mol. The molecule has 0 aliphatic rings. The molecular weight excluding hydrogens is 424 g/mol. The predicted molar refractivity (Wildman–Crippen MR) is 125 cm³/mol. The van der Waals surface area contributed by atoms with Crippen LogP contribution in [0.5, 0.6) is 0 Å². The van der Waals surface area contributed by atoms with Crippen LogP contribution in [0.25, 0.3) is 0 Å². The van der Waals surface area contributed by atoms with Crippen LogP contribution in [0.15, 0.2) is 71.3 Å². The van der Waals surface area contributed by atoms with Crippen LogP contribution in [-0.4, -0.2) is 44.5 Å². The molecule has 0 radical (unpaired) electrons. The van der Waals surface area contributed by atoms with Gasteiger partial charge in [0.05, 0.1) is 12.8 Å². The van der Waals surface area contributed by atoms with Crippen molar-refractivity contribution < 1.29 is 23.5 Å². The SMILES string of the molecule is COCCCNC(=O)c1cccc(NCC(=O)Nc2cccc(NC(=O)c3ccco3)c2)c1. The molecule has 0 aliphatic heterocycles. The van der Waals surface area contributed by atoms with Gasteiger partial charge in [0.2, 0.25) is 5.91 Å². The highest BCUT2D eigenvalue weighted by Gasteiger charge is 2.10. The van der Waals surface area contributed by atoms with Crippen molar-refractivity contribution in [2.75, 3.05) is 42.8 Å². The van der Waals surface area contributed by atoms with Crippen LogP contribution >= 0.6 is 0 Å². The lowest BCUT2D eigenvalue weighted by Crippen LogP contribution is -2.25. The second-order valence-corrected chi connectivity index (χ2v) is 7.10. The van der Waals surface area contributed by atoms with Crippen molar-refractivity contribution in [2.45, 2.75) is 6.42 Å². The molecule has 0 unspecified atom stereocenters. The summed E-state index contributed by atoms with van der Waals surface area (Å²) >= 11 is 0. The Balaban J connectivity index is 1.49. The number of benzene rings is 2. The molecule has 1 aromatic heterocycles. The Morgan fingerprint density at radius 1 is 0.879 bits per heavy atom. The minimum atomic E-state index is -0.382. The lowest BCUT2D eigenvalue weighted by atomic mass is 10.2. The summed E-state index contributed by atoms with van der Waals surface area (Å²) in [6, 6.07) is 16.9. The van der Waals surface area contributed by atoms with E-state index in [1.165, 1.54) is 6.26 Å². The lowest BCUT2D eigenvalue weighted by Gasteiger charge is -2.11. The van der Waals surface area contributed by atoms with E-state index in [1.54, 1.807) is 67.8 Å². The Hall–Kier alpha value is -4.11. The van der Waals surface area contributed by atoms with Crippen molar-refractivity contribution in [3.8, 4) is 0 Å². The molecule has 0 spiro atoms. The average molecular weight is 450 g/mol. The second kappa shape index (κ2) is 12.1. The van der Waals surface area contributed by atoms with E-state index in [4.69, 9.17) is 9.15 Å². The molecule has 33 heavy (non-hydrogen) atoms. The third-order valence-electron chi connectivity index (χ3n) is 4.54. The molecule has 0 aliphatic carbocycles. The molecule has 0 saturated heterocycles. The topological polar surface area (TPSA) is 122 Å². The van der Waals surface area contributed by atoms with E-state index in [-0.39, 0.29) is 30.0 Å². The molecule has 4 N–H and O–H groups in total. The summed E-state index contributed by atoms with van der Waals surface area (Å²) in [7, 11) is 1.62. The summed E-state index contributed by atoms with van der Waals surface area (Å²) in [5, 5.41) is 11.3. The van der Waals surface area contributed by atoms with E-state index in [1.807, 2.05) is 0 Å². The van der Waals surface area contributed by atoms with Gasteiger partial charge in [-0.1, -0.05) is 12.1 Å². The minimum Gasteiger partial charge on any atom is -0.459 e. The Labute approximate surface area is 191 Å². The highest BCUT2D eigenvalue weighted by Crippen LogP contribution is 2.17. The van der Waals surface area contributed by atoms with Gasteiger partial charge >= 0.3 is 0 Å². The van der Waals surface area contributed by atoms with Crippen molar-refractivity contribution >= 4 is 34.8 Å². The first-order valence-electron chi connectivity index (χ1n) is 10.4. The van der Waals surface area contributed by atoms with Crippen LogP contribution in [0.2, 0.25) is 0 Å². The van der Waals surface area contributed by atoms with Crippen molar-refractivity contribution in [1.82, 2.24) is 5.32 Å². The van der Waals surface area contributed by atoms with Crippen molar-refractivity contribution in [2.24, 2.45) is 0 Å². The number of hydrogen-bond acceptors (Lipinski definition) is 6. The van der Waals surface area contributed by atoms with Crippen LogP contribution in [0.3, 0.4) is 0 Å². The van der Waals surface area contributed by atoms with Gasteiger partial charge in [-0.15, -0.1) is 0 Å². The van der Waals surface area contributed by atoms with E-state index in [0.717, 1.165) is 6.42 Å². The van der Waals surface area contributed by atoms with Gasteiger partial charge in [0.25, 0.3) is 11.8 Å². The minimum absolute atomic E-state index is 0.00188. The molecule has 0 bridgehead atoms. The Bertz CT molecular complexity index is 1080. The summed E-state index contributed by atoms with van der Waals surface area (Å²) in [6.07, 6.45) is 2.15. The van der Waals surface area contributed by atoms with Crippen molar-refractivity contribution in [3.05, 3.63) is 78.3 Å². The number of rotatable bonds is 11. The number of methoxy groups -OCH3 is 1. The first-order chi connectivity index (χ1) is 16.0. The lowest BCUT2D eigenvalue weighted by molar-refractivity contribution is -0.114. The summed E-state index contributed by atoms with van der Waals surface area (Å²) in [5.74, 6) is -0.654. The first-order valence-corrected chi connectivity index (χ1v) is 10.4. The van der Waals surface area contributed by atoms with Gasteiger partial charge in [-0.3, -0.25) is 14.4 Å². The normalized spacial score (nSPS) is 10.3. The zero-order chi connectivity index (χ0) is 23.5. The molecule has 2 aromatic carbocycles. The molecule has 3 rings (SSSR count). The fourth-order valence-corrected chi connectivity index (χ4v) is 2.95. The van der Waals surface area contributed by atoms with Crippen molar-refractivity contribution in [1.29, 1.82) is 0 Å². The van der Waals surface area contributed by atoms with Gasteiger partial charge in [-0.05, 0) is 55.0 Å². The quantitative estimate of drug-likeness (QED) is 0.333. The summed E-state index contributed by atoms with van der Waals surface area (Å²) in [5.41, 5.74) is 2.20. The number of nitrogens with one attached hydrogen (secondary N) is 4. The fraction of sp³-hybridized carbons (Fsp3) is 0.208. The second-order valence-electron chi connectivity index (χ2n) is 7.10.